The summed E-state index contributed by atoms with van der Waals surface area (Å²) >= 11 is 0. The van der Waals surface area contributed by atoms with E-state index in [2.05, 4.69) is 131 Å². The molecule has 1 aliphatic rings. The number of aromatic nitrogens is 4. The minimum absolute atomic E-state index is 0.420. The van der Waals surface area contributed by atoms with Crippen molar-refractivity contribution in [3.05, 3.63) is 240 Å². The van der Waals surface area contributed by atoms with Crippen molar-refractivity contribution in [1.82, 2.24) is 24.8 Å². The van der Waals surface area contributed by atoms with Crippen molar-refractivity contribution in [3.63, 3.8) is 0 Å². The molecule has 292 valence electrons. The van der Waals surface area contributed by atoms with Crippen LogP contribution >= 0.6 is 0 Å². The highest BCUT2D eigenvalue weighted by Gasteiger charge is 2.25. The van der Waals surface area contributed by atoms with E-state index >= 15 is 0 Å². The van der Waals surface area contributed by atoms with Crippen molar-refractivity contribution in [3.8, 4) is 39.9 Å². The summed E-state index contributed by atoms with van der Waals surface area (Å²) in [5.41, 5.74) is 13.8. The molecule has 0 aliphatic carbocycles. The van der Waals surface area contributed by atoms with Crippen LogP contribution in [0, 0.1) is 5.41 Å². The maximum absolute atomic E-state index is 9.73. The van der Waals surface area contributed by atoms with Crippen LogP contribution in [0.1, 0.15) is 27.8 Å². The smallest absolute Gasteiger partial charge is 0.164 e. The molecule has 62 heavy (non-hydrogen) atoms. The van der Waals surface area contributed by atoms with Crippen molar-refractivity contribution in [2.24, 2.45) is 0 Å². The molecule has 0 spiro atoms. The molecule has 0 saturated heterocycles. The SMILES string of the molecule is N=C(/C(=C1\NC(c2ccccc2)=Cc2ccc(-c3nc(-c4ccccc4)nc(-c4ccc(-n5c6ccccc6c6ccccc65)cc4)n3)cc21)c1ccccc1)c1ccccc1. The van der Waals surface area contributed by atoms with Crippen molar-refractivity contribution in [2.75, 3.05) is 0 Å². The Morgan fingerprint density at radius 3 is 1.50 bits per heavy atom. The maximum Gasteiger partial charge on any atom is 0.164 e. The van der Waals surface area contributed by atoms with E-state index in [1.165, 1.54) is 10.8 Å². The van der Waals surface area contributed by atoms with Crippen LogP contribution < -0.4 is 5.32 Å². The minimum Gasteiger partial charge on any atom is -0.354 e. The van der Waals surface area contributed by atoms with Crippen LogP contribution in [0.3, 0.4) is 0 Å². The Bertz CT molecular complexity index is 3300. The molecule has 0 saturated carbocycles. The number of nitrogens with one attached hydrogen (secondary N) is 2. The summed E-state index contributed by atoms with van der Waals surface area (Å²) in [7, 11) is 0. The summed E-state index contributed by atoms with van der Waals surface area (Å²) in [6.45, 7) is 0. The second-order valence-electron chi connectivity index (χ2n) is 15.3. The highest BCUT2D eigenvalue weighted by molar-refractivity contribution is 6.36. The van der Waals surface area contributed by atoms with Gasteiger partial charge in [-0.1, -0.05) is 170 Å². The molecule has 0 fully saturated rings. The van der Waals surface area contributed by atoms with Crippen LogP contribution in [-0.4, -0.2) is 25.2 Å². The predicted octanol–water partition coefficient (Wildman–Crippen LogP) is 13.0. The van der Waals surface area contributed by atoms with E-state index in [9.17, 15) is 5.41 Å². The van der Waals surface area contributed by atoms with Gasteiger partial charge in [-0.15, -0.1) is 0 Å². The summed E-state index contributed by atoms with van der Waals surface area (Å²) in [5.74, 6) is 1.72. The lowest BCUT2D eigenvalue weighted by Gasteiger charge is -2.26. The van der Waals surface area contributed by atoms with Crippen molar-refractivity contribution in [1.29, 1.82) is 5.41 Å². The zero-order valence-electron chi connectivity index (χ0n) is 33.6. The summed E-state index contributed by atoms with van der Waals surface area (Å²) in [4.78, 5) is 15.4. The summed E-state index contributed by atoms with van der Waals surface area (Å²) in [6, 6.07) is 72.5. The Morgan fingerprint density at radius 1 is 0.435 bits per heavy atom. The first-order valence-corrected chi connectivity index (χ1v) is 20.7. The highest BCUT2D eigenvalue weighted by Crippen LogP contribution is 2.39. The molecular weight excluding hydrogens is 757 g/mol. The summed E-state index contributed by atoms with van der Waals surface area (Å²) in [6.07, 6.45) is 2.18. The predicted molar refractivity (Wildman–Crippen MR) is 254 cm³/mol. The lowest BCUT2D eigenvalue weighted by Crippen LogP contribution is -2.20. The van der Waals surface area contributed by atoms with Crippen molar-refractivity contribution < 1.29 is 0 Å². The molecule has 0 bridgehead atoms. The first-order valence-electron chi connectivity index (χ1n) is 20.7. The molecule has 10 aromatic rings. The van der Waals surface area contributed by atoms with E-state index in [1.54, 1.807) is 0 Å². The van der Waals surface area contributed by atoms with E-state index < -0.39 is 0 Å². The number of fused-ring (bicyclic) bond motifs is 4. The minimum atomic E-state index is 0.420. The lowest BCUT2D eigenvalue weighted by molar-refractivity contribution is 1.07. The van der Waals surface area contributed by atoms with Gasteiger partial charge in [-0.05, 0) is 65.2 Å². The molecule has 0 amide bonds. The van der Waals surface area contributed by atoms with E-state index in [4.69, 9.17) is 15.0 Å². The van der Waals surface area contributed by atoms with E-state index in [0.29, 0.717) is 23.2 Å². The first kappa shape index (κ1) is 36.6. The van der Waals surface area contributed by atoms with Gasteiger partial charge >= 0.3 is 0 Å². The van der Waals surface area contributed by atoms with Crippen LogP contribution in [0.25, 0.3) is 84.7 Å². The quantitative estimate of drug-likeness (QED) is 0.150. The van der Waals surface area contributed by atoms with Gasteiger partial charge in [0, 0.05) is 55.5 Å². The fourth-order valence-corrected chi connectivity index (χ4v) is 8.48. The maximum atomic E-state index is 9.73. The fraction of sp³-hybridized carbons (Fsp3) is 0. The molecular formula is C56H38N6. The molecule has 11 rings (SSSR count). The number of hydrogen-bond donors (Lipinski definition) is 2. The van der Waals surface area contributed by atoms with Gasteiger partial charge < -0.3 is 9.88 Å². The summed E-state index contributed by atoms with van der Waals surface area (Å²) < 4.78 is 2.31. The van der Waals surface area contributed by atoms with E-state index in [-0.39, 0.29) is 0 Å². The molecule has 2 N–H and O–H groups in total. The molecule has 8 aromatic carbocycles. The Kier molecular flexibility index (Phi) is 9.21. The van der Waals surface area contributed by atoms with Crippen LogP contribution in [0.15, 0.2) is 212 Å². The second-order valence-corrected chi connectivity index (χ2v) is 15.3. The molecule has 0 unspecified atom stereocenters. The highest BCUT2D eigenvalue weighted by atomic mass is 15.0. The van der Waals surface area contributed by atoms with Crippen LogP contribution in [0.4, 0.5) is 0 Å². The van der Waals surface area contributed by atoms with E-state index in [0.717, 1.165) is 78.2 Å². The number of benzene rings is 8. The molecule has 1 aliphatic heterocycles. The standard InChI is InChI=1S/C56H38N6/c57-52(39-21-9-3-10-22-39)51(38-19-7-2-8-20-38)53-47-35-43(30-29-42(47)36-48(58-53)37-17-5-1-6-18-37)56-60-54(40-23-11-4-12-24-40)59-55(61-56)41-31-33-44(34-32-41)62-49-27-15-13-25-45(49)46-26-14-16-28-50(46)62/h1-36,57-58H/b53-51-,57-52?. The van der Waals surface area contributed by atoms with Crippen LogP contribution in [0.2, 0.25) is 0 Å². The first-order chi connectivity index (χ1) is 30.7. The average molecular weight is 795 g/mol. The molecule has 2 aromatic heterocycles. The van der Waals surface area contributed by atoms with Gasteiger partial charge in [0.1, 0.15) is 0 Å². The van der Waals surface area contributed by atoms with Gasteiger partial charge in [-0.25, -0.2) is 15.0 Å². The Balaban J connectivity index is 1.08. The zero-order valence-corrected chi connectivity index (χ0v) is 33.6. The average Bonchev–Trinajstić information content (AvgIpc) is 3.69. The topological polar surface area (TPSA) is 79.5 Å². The normalized spacial score (nSPS) is 13.0. The van der Waals surface area contributed by atoms with Crippen LogP contribution in [0.5, 0.6) is 0 Å². The Labute approximate surface area is 359 Å². The lowest BCUT2D eigenvalue weighted by atomic mass is 9.87. The monoisotopic (exact) mass is 794 g/mol. The molecule has 3 heterocycles. The van der Waals surface area contributed by atoms with Gasteiger partial charge in [0.25, 0.3) is 0 Å². The van der Waals surface area contributed by atoms with Crippen LogP contribution in [-0.2, 0) is 0 Å². The fourth-order valence-electron chi connectivity index (χ4n) is 8.48. The number of rotatable bonds is 8. The van der Waals surface area contributed by atoms with Gasteiger partial charge in [0.05, 0.1) is 22.4 Å². The van der Waals surface area contributed by atoms with Gasteiger partial charge in [-0.3, -0.25) is 5.41 Å². The van der Waals surface area contributed by atoms with Gasteiger partial charge in [0.15, 0.2) is 17.5 Å². The Hall–Kier alpha value is -8.48. The van der Waals surface area contributed by atoms with Crippen molar-refractivity contribution >= 4 is 50.6 Å². The third-order valence-corrected chi connectivity index (χ3v) is 11.5. The van der Waals surface area contributed by atoms with Crippen molar-refractivity contribution in [2.45, 2.75) is 0 Å². The largest absolute Gasteiger partial charge is 0.354 e. The number of para-hydroxylation sites is 2. The molecule has 0 radical (unpaired) electrons. The number of hydrogen-bond acceptors (Lipinski definition) is 5. The third kappa shape index (κ3) is 6.66. The Morgan fingerprint density at radius 2 is 0.903 bits per heavy atom. The number of nitrogens with zero attached hydrogens (tertiary/aromatic N) is 4. The van der Waals surface area contributed by atoms with Gasteiger partial charge in [0.2, 0.25) is 0 Å². The molecule has 6 nitrogen and oxygen atoms in total. The second kappa shape index (κ2) is 15.6. The molecule has 0 atom stereocenters. The third-order valence-electron chi connectivity index (χ3n) is 11.5. The number of allylic oxidation sites excluding steroid dienone is 1. The van der Waals surface area contributed by atoms with E-state index in [1.807, 2.05) is 97.1 Å². The summed E-state index contributed by atoms with van der Waals surface area (Å²) in [5, 5.41) is 16.0. The molecule has 6 heteroatoms. The zero-order chi connectivity index (χ0) is 41.4. The van der Waals surface area contributed by atoms with Gasteiger partial charge in [-0.2, -0.15) is 0 Å².